The Morgan fingerprint density at radius 2 is 1.95 bits per heavy atom. The van der Waals surface area contributed by atoms with Gasteiger partial charge in [-0.2, -0.15) is 0 Å². The van der Waals surface area contributed by atoms with Crippen molar-refractivity contribution in [2.45, 2.75) is 13.3 Å². The zero-order chi connectivity index (χ0) is 14.4. The van der Waals surface area contributed by atoms with Gasteiger partial charge in [-0.1, -0.05) is 18.2 Å². The number of nitrogens with one attached hydrogen (secondary N) is 1. The summed E-state index contributed by atoms with van der Waals surface area (Å²) in [5.41, 5.74) is 2.26. The number of rotatable bonds is 5. The van der Waals surface area contributed by atoms with E-state index in [0.717, 1.165) is 12.1 Å². The first-order chi connectivity index (χ1) is 9.70. The van der Waals surface area contributed by atoms with Crippen LogP contribution in [-0.4, -0.2) is 54.8 Å². The maximum Gasteiger partial charge on any atom is 0.224 e. The number of para-hydroxylation sites is 1. The quantitative estimate of drug-likeness (QED) is 0.819. The molecule has 2 rings (SSSR count). The maximum atomic E-state index is 12.0. The lowest BCUT2D eigenvalue weighted by atomic mass is 10.2. The van der Waals surface area contributed by atoms with Crippen LogP contribution in [0.4, 0.5) is 5.69 Å². The lowest BCUT2D eigenvalue weighted by molar-refractivity contribution is -0.134. The van der Waals surface area contributed by atoms with E-state index in [1.807, 2.05) is 36.1 Å². The standard InChI is InChI=1S/C15H21N3O2/c1-13-4-2-3-5-14(13)16-7-6-15(20)18-10-8-17(12-19)9-11-18/h2-5,12,16H,6-11H2,1H3. The van der Waals surface area contributed by atoms with Crippen molar-refractivity contribution < 1.29 is 9.59 Å². The van der Waals surface area contributed by atoms with Crippen LogP contribution in [-0.2, 0) is 9.59 Å². The van der Waals surface area contributed by atoms with Crippen LogP contribution >= 0.6 is 0 Å². The average molecular weight is 275 g/mol. The van der Waals surface area contributed by atoms with Gasteiger partial charge < -0.3 is 15.1 Å². The number of amides is 2. The van der Waals surface area contributed by atoms with Crippen LogP contribution < -0.4 is 5.32 Å². The van der Waals surface area contributed by atoms with E-state index in [1.165, 1.54) is 5.56 Å². The fraction of sp³-hybridized carbons (Fsp3) is 0.467. The van der Waals surface area contributed by atoms with Gasteiger partial charge in [0, 0.05) is 44.8 Å². The Morgan fingerprint density at radius 3 is 2.60 bits per heavy atom. The van der Waals surface area contributed by atoms with Gasteiger partial charge in [0.1, 0.15) is 0 Å². The zero-order valence-corrected chi connectivity index (χ0v) is 11.8. The molecule has 1 heterocycles. The van der Waals surface area contributed by atoms with Crippen molar-refractivity contribution in [1.82, 2.24) is 9.80 Å². The smallest absolute Gasteiger partial charge is 0.224 e. The van der Waals surface area contributed by atoms with E-state index in [4.69, 9.17) is 0 Å². The molecule has 0 atom stereocenters. The molecule has 1 aliphatic rings. The van der Waals surface area contributed by atoms with Crippen molar-refractivity contribution in [3.05, 3.63) is 29.8 Å². The minimum absolute atomic E-state index is 0.150. The predicted octanol–water partition coefficient (Wildman–Crippen LogP) is 1.10. The summed E-state index contributed by atoms with van der Waals surface area (Å²) in [6, 6.07) is 8.04. The molecular weight excluding hydrogens is 254 g/mol. The second-order valence-corrected chi connectivity index (χ2v) is 5.01. The highest BCUT2D eigenvalue weighted by Crippen LogP contribution is 2.13. The SMILES string of the molecule is Cc1ccccc1NCCC(=O)N1CCN(C=O)CC1. The van der Waals surface area contributed by atoms with E-state index in [2.05, 4.69) is 5.32 Å². The summed E-state index contributed by atoms with van der Waals surface area (Å²) >= 11 is 0. The first kappa shape index (κ1) is 14.4. The van der Waals surface area contributed by atoms with Crippen molar-refractivity contribution in [3.8, 4) is 0 Å². The largest absolute Gasteiger partial charge is 0.384 e. The molecule has 1 aromatic rings. The number of anilines is 1. The molecule has 20 heavy (non-hydrogen) atoms. The Balaban J connectivity index is 1.73. The lowest BCUT2D eigenvalue weighted by Crippen LogP contribution is -2.48. The van der Waals surface area contributed by atoms with Gasteiger partial charge in [-0.3, -0.25) is 9.59 Å². The van der Waals surface area contributed by atoms with E-state index in [9.17, 15) is 9.59 Å². The first-order valence-corrected chi connectivity index (χ1v) is 6.97. The lowest BCUT2D eigenvalue weighted by Gasteiger charge is -2.32. The number of carbonyl (C=O) groups excluding carboxylic acids is 2. The zero-order valence-electron chi connectivity index (χ0n) is 11.8. The third-order valence-electron chi connectivity index (χ3n) is 3.62. The number of aryl methyl sites for hydroxylation is 1. The molecule has 1 saturated heterocycles. The number of benzene rings is 1. The Bertz CT molecular complexity index is 468. The van der Waals surface area contributed by atoms with Crippen LogP contribution in [0.25, 0.3) is 0 Å². The van der Waals surface area contributed by atoms with E-state index in [0.29, 0.717) is 39.1 Å². The third-order valence-corrected chi connectivity index (χ3v) is 3.62. The highest BCUT2D eigenvalue weighted by Gasteiger charge is 2.19. The van der Waals surface area contributed by atoms with Crippen molar-refractivity contribution in [2.75, 3.05) is 38.0 Å². The summed E-state index contributed by atoms with van der Waals surface area (Å²) in [7, 11) is 0. The van der Waals surface area contributed by atoms with Gasteiger partial charge in [-0.25, -0.2) is 0 Å². The van der Waals surface area contributed by atoms with Gasteiger partial charge in [-0.05, 0) is 18.6 Å². The van der Waals surface area contributed by atoms with Gasteiger partial charge >= 0.3 is 0 Å². The molecular formula is C15H21N3O2. The molecule has 0 saturated carbocycles. The minimum atomic E-state index is 0.150. The number of nitrogens with zero attached hydrogens (tertiary/aromatic N) is 2. The minimum Gasteiger partial charge on any atom is -0.384 e. The van der Waals surface area contributed by atoms with E-state index < -0.39 is 0 Å². The second-order valence-electron chi connectivity index (χ2n) is 5.01. The first-order valence-electron chi connectivity index (χ1n) is 6.97. The van der Waals surface area contributed by atoms with Crippen LogP contribution in [0.5, 0.6) is 0 Å². The average Bonchev–Trinajstić information content (AvgIpc) is 2.49. The Labute approximate surface area is 119 Å². The molecule has 0 radical (unpaired) electrons. The van der Waals surface area contributed by atoms with Gasteiger partial charge in [0.2, 0.25) is 12.3 Å². The molecule has 1 aliphatic heterocycles. The van der Waals surface area contributed by atoms with Crippen LogP contribution in [0.15, 0.2) is 24.3 Å². The van der Waals surface area contributed by atoms with Gasteiger partial charge in [0.25, 0.3) is 0 Å². The molecule has 1 fully saturated rings. The molecule has 5 heteroatoms. The van der Waals surface area contributed by atoms with Crippen molar-refractivity contribution >= 4 is 18.0 Å². The van der Waals surface area contributed by atoms with Crippen LogP contribution in [0.1, 0.15) is 12.0 Å². The number of hydrogen-bond donors (Lipinski definition) is 1. The van der Waals surface area contributed by atoms with Crippen LogP contribution in [0, 0.1) is 6.92 Å². The van der Waals surface area contributed by atoms with Gasteiger partial charge in [-0.15, -0.1) is 0 Å². The Kier molecular flexibility index (Phi) is 4.98. The second kappa shape index (κ2) is 6.93. The Hall–Kier alpha value is -2.04. The number of piperazine rings is 1. The van der Waals surface area contributed by atoms with Gasteiger partial charge in [0.15, 0.2) is 0 Å². The molecule has 0 unspecified atom stereocenters. The topological polar surface area (TPSA) is 52.7 Å². The molecule has 2 amide bonds. The fourth-order valence-electron chi connectivity index (χ4n) is 2.31. The van der Waals surface area contributed by atoms with Crippen molar-refractivity contribution in [2.24, 2.45) is 0 Å². The Morgan fingerprint density at radius 1 is 1.25 bits per heavy atom. The van der Waals surface area contributed by atoms with E-state index >= 15 is 0 Å². The maximum absolute atomic E-state index is 12.0. The molecule has 1 aromatic carbocycles. The van der Waals surface area contributed by atoms with Crippen LogP contribution in [0.2, 0.25) is 0 Å². The summed E-state index contributed by atoms with van der Waals surface area (Å²) < 4.78 is 0. The molecule has 1 N–H and O–H groups in total. The molecule has 0 aromatic heterocycles. The summed E-state index contributed by atoms with van der Waals surface area (Å²) in [4.78, 5) is 26.2. The highest BCUT2D eigenvalue weighted by molar-refractivity contribution is 5.77. The molecule has 0 aliphatic carbocycles. The normalized spacial score (nSPS) is 15.1. The van der Waals surface area contributed by atoms with Crippen molar-refractivity contribution in [1.29, 1.82) is 0 Å². The summed E-state index contributed by atoms with van der Waals surface area (Å²) in [5.74, 6) is 0.150. The number of hydrogen-bond acceptors (Lipinski definition) is 3. The predicted molar refractivity (Wildman–Crippen MR) is 78.5 cm³/mol. The third kappa shape index (κ3) is 3.73. The van der Waals surface area contributed by atoms with Gasteiger partial charge in [0.05, 0.1) is 0 Å². The molecule has 5 nitrogen and oxygen atoms in total. The molecule has 108 valence electrons. The summed E-state index contributed by atoms with van der Waals surface area (Å²) in [6.07, 6.45) is 1.33. The highest BCUT2D eigenvalue weighted by atomic mass is 16.2. The molecule has 0 spiro atoms. The fourth-order valence-corrected chi connectivity index (χ4v) is 2.31. The van der Waals surface area contributed by atoms with E-state index in [-0.39, 0.29) is 5.91 Å². The summed E-state index contributed by atoms with van der Waals surface area (Å²) in [5, 5.41) is 3.29. The van der Waals surface area contributed by atoms with E-state index in [1.54, 1.807) is 4.90 Å². The molecule has 0 bridgehead atoms. The summed E-state index contributed by atoms with van der Waals surface area (Å²) in [6.45, 7) is 5.24. The monoisotopic (exact) mass is 275 g/mol. The number of carbonyl (C=O) groups is 2. The van der Waals surface area contributed by atoms with Crippen molar-refractivity contribution in [3.63, 3.8) is 0 Å². The van der Waals surface area contributed by atoms with Crippen LogP contribution in [0.3, 0.4) is 0 Å².